The molecule has 1 amide bonds. The number of ether oxygens (including phenoxy) is 3. The van der Waals surface area contributed by atoms with Crippen molar-refractivity contribution in [1.29, 1.82) is 0 Å². The van der Waals surface area contributed by atoms with Gasteiger partial charge in [0.05, 0.1) is 19.3 Å². The SMILES string of the molecule is COCCNCCNC(=O)C(C)OCC1CCCCO1. The Morgan fingerprint density at radius 1 is 1.35 bits per heavy atom. The van der Waals surface area contributed by atoms with Crippen LogP contribution in [0.2, 0.25) is 0 Å². The zero-order valence-corrected chi connectivity index (χ0v) is 12.7. The van der Waals surface area contributed by atoms with Crippen LogP contribution in [-0.2, 0) is 19.0 Å². The van der Waals surface area contributed by atoms with Crippen molar-refractivity contribution in [2.24, 2.45) is 0 Å². The Balaban J connectivity index is 2.00. The molecule has 0 spiro atoms. The highest BCUT2D eigenvalue weighted by Gasteiger charge is 2.18. The van der Waals surface area contributed by atoms with Crippen molar-refractivity contribution < 1.29 is 19.0 Å². The maximum absolute atomic E-state index is 11.8. The Morgan fingerprint density at radius 3 is 2.90 bits per heavy atom. The quantitative estimate of drug-likeness (QED) is 0.566. The molecule has 0 aromatic carbocycles. The van der Waals surface area contributed by atoms with Gasteiger partial charge in [0.1, 0.15) is 6.10 Å². The number of hydrogen-bond donors (Lipinski definition) is 2. The molecular formula is C14H28N2O4. The largest absolute Gasteiger partial charge is 0.383 e. The summed E-state index contributed by atoms with van der Waals surface area (Å²) in [7, 11) is 1.67. The highest BCUT2D eigenvalue weighted by molar-refractivity contribution is 5.80. The molecule has 2 N–H and O–H groups in total. The molecule has 2 atom stereocenters. The average Bonchev–Trinajstić information content (AvgIpc) is 2.49. The van der Waals surface area contributed by atoms with E-state index in [0.717, 1.165) is 32.5 Å². The summed E-state index contributed by atoms with van der Waals surface area (Å²) in [6, 6.07) is 0. The number of amides is 1. The summed E-state index contributed by atoms with van der Waals surface area (Å²) in [5.41, 5.74) is 0. The van der Waals surface area contributed by atoms with Crippen LogP contribution in [0, 0.1) is 0 Å². The minimum atomic E-state index is -0.431. The lowest BCUT2D eigenvalue weighted by atomic mass is 10.1. The lowest BCUT2D eigenvalue weighted by Crippen LogP contribution is -2.40. The van der Waals surface area contributed by atoms with Crippen molar-refractivity contribution >= 4 is 5.91 Å². The summed E-state index contributed by atoms with van der Waals surface area (Å²) >= 11 is 0. The van der Waals surface area contributed by atoms with E-state index in [9.17, 15) is 4.79 Å². The van der Waals surface area contributed by atoms with Crippen LogP contribution in [0.15, 0.2) is 0 Å². The molecule has 6 nitrogen and oxygen atoms in total. The predicted molar refractivity (Wildman–Crippen MR) is 76.8 cm³/mol. The molecule has 20 heavy (non-hydrogen) atoms. The summed E-state index contributed by atoms with van der Waals surface area (Å²) in [4.78, 5) is 11.8. The second-order valence-corrected chi connectivity index (χ2v) is 5.00. The smallest absolute Gasteiger partial charge is 0.248 e. The summed E-state index contributed by atoms with van der Waals surface area (Å²) in [5, 5.41) is 6.00. The zero-order chi connectivity index (χ0) is 14.6. The molecule has 118 valence electrons. The molecule has 0 aromatic rings. The Hall–Kier alpha value is -0.690. The Bertz CT molecular complexity index is 258. The highest BCUT2D eigenvalue weighted by atomic mass is 16.5. The molecule has 1 rings (SSSR count). The van der Waals surface area contributed by atoms with Gasteiger partial charge in [-0.1, -0.05) is 0 Å². The van der Waals surface area contributed by atoms with Gasteiger partial charge in [0, 0.05) is 33.4 Å². The van der Waals surface area contributed by atoms with Gasteiger partial charge in [-0.05, 0) is 26.2 Å². The molecule has 0 aliphatic carbocycles. The third-order valence-corrected chi connectivity index (χ3v) is 3.26. The van der Waals surface area contributed by atoms with Crippen LogP contribution in [0.3, 0.4) is 0 Å². The lowest BCUT2D eigenvalue weighted by molar-refractivity contribution is -0.135. The summed E-state index contributed by atoms with van der Waals surface area (Å²) in [6.07, 6.45) is 3.05. The van der Waals surface area contributed by atoms with Gasteiger partial charge < -0.3 is 24.8 Å². The number of hydrogen-bond acceptors (Lipinski definition) is 5. The fourth-order valence-electron chi connectivity index (χ4n) is 1.98. The molecule has 1 heterocycles. The fourth-order valence-corrected chi connectivity index (χ4v) is 1.98. The van der Waals surface area contributed by atoms with E-state index >= 15 is 0 Å². The van der Waals surface area contributed by atoms with Crippen LogP contribution < -0.4 is 10.6 Å². The minimum absolute atomic E-state index is 0.0747. The van der Waals surface area contributed by atoms with Crippen LogP contribution in [-0.4, -0.2) is 64.7 Å². The van der Waals surface area contributed by atoms with E-state index in [0.29, 0.717) is 19.8 Å². The topological polar surface area (TPSA) is 68.8 Å². The van der Waals surface area contributed by atoms with Crippen molar-refractivity contribution in [1.82, 2.24) is 10.6 Å². The molecule has 6 heteroatoms. The molecule has 1 saturated heterocycles. The summed E-state index contributed by atoms with van der Waals surface area (Å²) in [6.45, 7) is 5.87. The summed E-state index contributed by atoms with van der Waals surface area (Å²) < 4.78 is 16.0. The third-order valence-electron chi connectivity index (χ3n) is 3.26. The summed E-state index contributed by atoms with van der Waals surface area (Å²) in [5.74, 6) is -0.0747. The maximum atomic E-state index is 11.8. The minimum Gasteiger partial charge on any atom is -0.383 e. The Labute approximate surface area is 121 Å². The van der Waals surface area contributed by atoms with Crippen LogP contribution in [0.1, 0.15) is 26.2 Å². The van der Waals surface area contributed by atoms with Gasteiger partial charge in [-0.2, -0.15) is 0 Å². The van der Waals surface area contributed by atoms with Crippen LogP contribution in [0.5, 0.6) is 0 Å². The second kappa shape index (κ2) is 11.0. The van der Waals surface area contributed by atoms with Crippen molar-refractivity contribution in [3.05, 3.63) is 0 Å². The van der Waals surface area contributed by atoms with Gasteiger partial charge in [0.15, 0.2) is 0 Å². The number of carbonyl (C=O) groups is 1. The highest BCUT2D eigenvalue weighted by Crippen LogP contribution is 2.13. The molecule has 1 aliphatic heterocycles. The molecule has 0 aromatic heterocycles. The van der Waals surface area contributed by atoms with Gasteiger partial charge in [-0.25, -0.2) is 0 Å². The van der Waals surface area contributed by atoms with Gasteiger partial charge in [0.2, 0.25) is 5.91 Å². The van der Waals surface area contributed by atoms with E-state index in [2.05, 4.69) is 10.6 Å². The van der Waals surface area contributed by atoms with Crippen molar-refractivity contribution in [2.45, 2.75) is 38.4 Å². The van der Waals surface area contributed by atoms with Gasteiger partial charge in [0.25, 0.3) is 0 Å². The normalized spacial score (nSPS) is 20.6. The van der Waals surface area contributed by atoms with Crippen molar-refractivity contribution in [2.75, 3.05) is 46.6 Å². The number of nitrogens with one attached hydrogen (secondary N) is 2. The molecule has 0 radical (unpaired) electrons. The van der Waals surface area contributed by atoms with E-state index < -0.39 is 6.10 Å². The molecular weight excluding hydrogens is 260 g/mol. The van der Waals surface area contributed by atoms with Gasteiger partial charge in [-0.15, -0.1) is 0 Å². The number of rotatable bonds is 10. The zero-order valence-electron chi connectivity index (χ0n) is 12.7. The predicted octanol–water partition coefficient (Wildman–Crippen LogP) is 0.313. The van der Waals surface area contributed by atoms with Gasteiger partial charge >= 0.3 is 0 Å². The first-order valence-electron chi connectivity index (χ1n) is 7.44. The Kier molecular flexibility index (Phi) is 9.57. The number of carbonyl (C=O) groups excluding carboxylic acids is 1. The molecule has 1 aliphatic rings. The molecule has 0 saturated carbocycles. The van der Waals surface area contributed by atoms with Crippen LogP contribution in [0.25, 0.3) is 0 Å². The monoisotopic (exact) mass is 288 g/mol. The fraction of sp³-hybridized carbons (Fsp3) is 0.929. The van der Waals surface area contributed by atoms with E-state index in [1.165, 1.54) is 6.42 Å². The maximum Gasteiger partial charge on any atom is 0.248 e. The molecule has 1 fully saturated rings. The van der Waals surface area contributed by atoms with Crippen LogP contribution in [0.4, 0.5) is 0 Å². The first-order chi connectivity index (χ1) is 9.74. The Morgan fingerprint density at radius 2 is 2.20 bits per heavy atom. The van der Waals surface area contributed by atoms with Crippen molar-refractivity contribution in [3.8, 4) is 0 Å². The first-order valence-corrected chi connectivity index (χ1v) is 7.44. The first kappa shape index (κ1) is 17.4. The van der Waals surface area contributed by atoms with E-state index in [1.54, 1.807) is 14.0 Å². The molecule has 0 bridgehead atoms. The van der Waals surface area contributed by atoms with Crippen LogP contribution >= 0.6 is 0 Å². The van der Waals surface area contributed by atoms with E-state index in [4.69, 9.17) is 14.2 Å². The average molecular weight is 288 g/mol. The van der Waals surface area contributed by atoms with E-state index in [-0.39, 0.29) is 12.0 Å². The number of methoxy groups -OCH3 is 1. The van der Waals surface area contributed by atoms with Gasteiger partial charge in [-0.3, -0.25) is 4.79 Å². The second-order valence-electron chi connectivity index (χ2n) is 5.00. The lowest BCUT2D eigenvalue weighted by Gasteiger charge is -2.23. The molecule has 2 unspecified atom stereocenters. The van der Waals surface area contributed by atoms with E-state index in [1.807, 2.05) is 0 Å². The third kappa shape index (κ3) is 7.79. The standard InChI is InChI=1S/C14H28N2O4/c1-12(20-11-13-5-3-4-9-19-13)14(17)16-7-6-15-8-10-18-2/h12-13,15H,3-11H2,1-2H3,(H,16,17). The van der Waals surface area contributed by atoms with Crippen molar-refractivity contribution in [3.63, 3.8) is 0 Å².